The van der Waals surface area contributed by atoms with Gasteiger partial charge in [-0.05, 0) is 41.8 Å². The molecule has 1 amide bonds. The van der Waals surface area contributed by atoms with E-state index in [9.17, 15) is 4.79 Å². The van der Waals surface area contributed by atoms with Crippen molar-refractivity contribution in [2.75, 3.05) is 6.61 Å². The molecule has 142 valence electrons. The minimum absolute atomic E-state index is 0.0814. The van der Waals surface area contributed by atoms with E-state index in [2.05, 4.69) is 18.9 Å². The molecule has 0 saturated heterocycles. The van der Waals surface area contributed by atoms with E-state index in [1.54, 1.807) is 18.2 Å². The van der Waals surface area contributed by atoms with E-state index in [1.807, 2.05) is 24.3 Å². The molecule has 2 aromatic carbocycles. The Kier molecular flexibility index (Phi) is 5.92. The van der Waals surface area contributed by atoms with Crippen molar-refractivity contribution in [2.24, 2.45) is 5.10 Å². The Morgan fingerprint density at radius 3 is 2.52 bits per heavy atom. The van der Waals surface area contributed by atoms with Crippen molar-refractivity contribution in [1.29, 1.82) is 0 Å². The van der Waals surface area contributed by atoms with Crippen molar-refractivity contribution in [2.45, 2.75) is 32.9 Å². The molecule has 7 heteroatoms. The molecule has 0 radical (unpaired) electrons. The van der Waals surface area contributed by atoms with Crippen molar-refractivity contribution in [3.05, 3.63) is 63.6 Å². The van der Waals surface area contributed by atoms with Crippen LogP contribution in [0, 0.1) is 0 Å². The summed E-state index contributed by atoms with van der Waals surface area (Å²) in [7, 11) is 0. The van der Waals surface area contributed by atoms with E-state index in [4.69, 9.17) is 32.7 Å². The third kappa shape index (κ3) is 4.54. The second-order valence-corrected chi connectivity index (χ2v) is 7.35. The third-order valence-corrected chi connectivity index (χ3v) is 4.67. The summed E-state index contributed by atoms with van der Waals surface area (Å²) in [4.78, 5) is 11.9. The second-order valence-electron chi connectivity index (χ2n) is 6.50. The monoisotopic (exact) mass is 406 g/mol. The summed E-state index contributed by atoms with van der Waals surface area (Å²) in [5.74, 6) is 1.04. The van der Waals surface area contributed by atoms with Crippen LogP contribution in [0.4, 0.5) is 0 Å². The van der Waals surface area contributed by atoms with E-state index in [0.29, 0.717) is 27.6 Å². The molecule has 0 N–H and O–H groups in total. The summed E-state index contributed by atoms with van der Waals surface area (Å²) in [5.41, 5.74) is 2.02. The fraction of sp³-hybridized carbons (Fsp3) is 0.300. The zero-order chi connectivity index (χ0) is 19.6. The van der Waals surface area contributed by atoms with Gasteiger partial charge in [0.1, 0.15) is 12.4 Å². The molecule has 0 unspecified atom stereocenters. The van der Waals surface area contributed by atoms with Crippen molar-refractivity contribution < 1.29 is 14.3 Å². The van der Waals surface area contributed by atoms with Gasteiger partial charge in [-0.15, -0.1) is 5.10 Å². The molecule has 3 rings (SSSR count). The number of nitrogens with zero attached hydrogens (tertiary/aromatic N) is 2. The summed E-state index contributed by atoms with van der Waals surface area (Å²) in [5, 5.41) is 6.49. The van der Waals surface area contributed by atoms with E-state index in [0.717, 1.165) is 5.56 Å². The highest BCUT2D eigenvalue weighted by Gasteiger charge is 2.32. The molecule has 0 saturated carbocycles. The summed E-state index contributed by atoms with van der Waals surface area (Å²) in [6, 6.07) is 12.9. The topological polar surface area (TPSA) is 51.1 Å². The highest BCUT2D eigenvalue weighted by molar-refractivity contribution is 6.35. The standard InChI is InChI=1S/C20H20Cl2N2O3/c1-12(2)14-4-6-15(7-5-14)20-23-24(13(3)25)19(27-20)11-26-18-9-8-16(21)10-17(18)22/h4-10,12,19H,11H2,1-3H3/t19-/m0/s1. The predicted molar refractivity (Wildman–Crippen MR) is 106 cm³/mol. The maximum absolute atomic E-state index is 11.9. The van der Waals surface area contributed by atoms with Gasteiger partial charge in [0.15, 0.2) is 0 Å². The first kappa shape index (κ1) is 19.5. The first-order valence-corrected chi connectivity index (χ1v) is 9.34. The van der Waals surface area contributed by atoms with E-state index in [1.165, 1.54) is 17.5 Å². The van der Waals surface area contributed by atoms with Gasteiger partial charge in [0, 0.05) is 17.5 Å². The molecular weight excluding hydrogens is 387 g/mol. The molecule has 0 aromatic heterocycles. The first-order chi connectivity index (χ1) is 12.8. The molecule has 0 aliphatic carbocycles. The van der Waals surface area contributed by atoms with Crippen LogP contribution in [0.5, 0.6) is 5.75 Å². The van der Waals surface area contributed by atoms with E-state index >= 15 is 0 Å². The number of ether oxygens (including phenoxy) is 2. The fourth-order valence-corrected chi connectivity index (χ4v) is 3.10. The van der Waals surface area contributed by atoms with Crippen LogP contribution in [0.3, 0.4) is 0 Å². The summed E-state index contributed by atoms with van der Waals surface area (Å²) in [6.45, 7) is 5.77. The van der Waals surface area contributed by atoms with Crippen LogP contribution in [-0.2, 0) is 9.53 Å². The van der Waals surface area contributed by atoms with Gasteiger partial charge in [-0.25, -0.2) is 0 Å². The maximum Gasteiger partial charge on any atom is 0.243 e. The Morgan fingerprint density at radius 1 is 1.22 bits per heavy atom. The fourth-order valence-electron chi connectivity index (χ4n) is 2.63. The van der Waals surface area contributed by atoms with Crippen LogP contribution in [0.2, 0.25) is 10.0 Å². The molecule has 1 aliphatic rings. The minimum Gasteiger partial charge on any atom is -0.486 e. The predicted octanol–water partition coefficient (Wildman–Crippen LogP) is 5.06. The zero-order valence-corrected chi connectivity index (χ0v) is 16.8. The van der Waals surface area contributed by atoms with Crippen molar-refractivity contribution in [3.8, 4) is 5.75 Å². The quantitative estimate of drug-likeness (QED) is 0.696. The van der Waals surface area contributed by atoms with Crippen molar-refractivity contribution in [1.82, 2.24) is 5.01 Å². The maximum atomic E-state index is 11.9. The highest BCUT2D eigenvalue weighted by atomic mass is 35.5. The van der Waals surface area contributed by atoms with E-state index in [-0.39, 0.29) is 12.5 Å². The normalized spacial score (nSPS) is 16.3. The van der Waals surface area contributed by atoms with Gasteiger partial charge in [-0.2, -0.15) is 5.01 Å². The molecule has 1 aliphatic heterocycles. The SMILES string of the molecule is CC(=O)N1N=C(c2ccc(C(C)C)cc2)O[C@H]1COc1ccc(Cl)cc1Cl. The van der Waals surface area contributed by atoms with Crippen LogP contribution in [0.15, 0.2) is 47.6 Å². The number of hydrazone groups is 1. The number of benzene rings is 2. The average Bonchev–Trinajstić information content (AvgIpc) is 3.05. The Hall–Kier alpha value is -2.24. The molecule has 2 aromatic rings. The summed E-state index contributed by atoms with van der Waals surface area (Å²) < 4.78 is 11.6. The lowest BCUT2D eigenvalue weighted by molar-refractivity contribution is -0.136. The van der Waals surface area contributed by atoms with Crippen LogP contribution < -0.4 is 4.74 Å². The second kappa shape index (κ2) is 8.19. The summed E-state index contributed by atoms with van der Waals surface area (Å²) >= 11 is 12.0. The molecule has 0 bridgehead atoms. The zero-order valence-electron chi connectivity index (χ0n) is 15.3. The number of hydrogen-bond acceptors (Lipinski definition) is 4. The summed E-state index contributed by atoms with van der Waals surface area (Å²) in [6.07, 6.45) is -0.672. The van der Waals surface area contributed by atoms with Crippen LogP contribution in [-0.4, -0.2) is 29.6 Å². The van der Waals surface area contributed by atoms with Gasteiger partial charge in [0.05, 0.1) is 5.02 Å². The van der Waals surface area contributed by atoms with Gasteiger partial charge in [0.25, 0.3) is 0 Å². The first-order valence-electron chi connectivity index (χ1n) is 8.58. The molecule has 27 heavy (non-hydrogen) atoms. The van der Waals surface area contributed by atoms with Crippen LogP contribution in [0.25, 0.3) is 0 Å². The third-order valence-electron chi connectivity index (χ3n) is 4.14. The van der Waals surface area contributed by atoms with Gasteiger partial charge in [0.2, 0.25) is 18.0 Å². The number of carbonyl (C=O) groups is 1. The van der Waals surface area contributed by atoms with Gasteiger partial charge in [-0.3, -0.25) is 4.79 Å². The lowest BCUT2D eigenvalue weighted by atomic mass is 10.0. The van der Waals surface area contributed by atoms with Gasteiger partial charge < -0.3 is 9.47 Å². The lowest BCUT2D eigenvalue weighted by Gasteiger charge is -2.19. The Balaban J connectivity index is 1.73. The smallest absolute Gasteiger partial charge is 0.243 e. The number of carbonyl (C=O) groups excluding carboxylic acids is 1. The molecule has 0 fully saturated rings. The van der Waals surface area contributed by atoms with Crippen LogP contribution >= 0.6 is 23.2 Å². The number of halogens is 2. The Labute approximate surface area is 168 Å². The molecular formula is C20H20Cl2N2O3. The average molecular weight is 407 g/mol. The Bertz CT molecular complexity index is 866. The van der Waals surface area contributed by atoms with Gasteiger partial charge in [-0.1, -0.05) is 49.2 Å². The van der Waals surface area contributed by atoms with E-state index < -0.39 is 6.23 Å². The number of amides is 1. The molecule has 1 heterocycles. The number of rotatable bonds is 5. The van der Waals surface area contributed by atoms with Crippen molar-refractivity contribution in [3.63, 3.8) is 0 Å². The number of hydrogen-bond donors (Lipinski definition) is 0. The lowest BCUT2D eigenvalue weighted by Crippen LogP contribution is -2.36. The molecule has 1 atom stereocenters. The minimum atomic E-state index is -0.672. The highest BCUT2D eigenvalue weighted by Crippen LogP contribution is 2.28. The molecule has 0 spiro atoms. The van der Waals surface area contributed by atoms with Crippen LogP contribution in [0.1, 0.15) is 37.8 Å². The largest absolute Gasteiger partial charge is 0.486 e. The Morgan fingerprint density at radius 2 is 1.93 bits per heavy atom. The molecule has 5 nitrogen and oxygen atoms in total. The van der Waals surface area contributed by atoms with Crippen molar-refractivity contribution >= 4 is 35.0 Å². The van der Waals surface area contributed by atoms with Gasteiger partial charge >= 0.3 is 0 Å².